The fourth-order valence-electron chi connectivity index (χ4n) is 4.23. The molecule has 1 fully saturated rings. The molecule has 12 heteroatoms. The van der Waals surface area contributed by atoms with E-state index in [-0.39, 0.29) is 22.8 Å². The molecule has 1 aliphatic rings. The van der Waals surface area contributed by atoms with Crippen molar-refractivity contribution in [1.82, 2.24) is 29.4 Å². The molecular weight excluding hydrogens is 515 g/mol. The van der Waals surface area contributed by atoms with Gasteiger partial charge < -0.3 is 4.90 Å². The van der Waals surface area contributed by atoms with E-state index in [2.05, 4.69) is 44.0 Å². The number of hydrogen-bond donors (Lipinski definition) is 1. The van der Waals surface area contributed by atoms with Crippen LogP contribution in [-0.2, 0) is 12.7 Å². The normalized spacial score (nSPS) is 14.8. The predicted molar refractivity (Wildman–Crippen MR) is 138 cm³/mol. The Morgan fingerprint density at radius 2 is 1.89 bits per heavy atom. The second kappa shape index (κ2) is 10.9. The van der Waals surface area contributed by atoms with Crippen molar-refractivity contribution in [3.8, 4) is 11.8 Å². The largest absolute Gasteiger partial charge is 0.416 e. The van der Waals surface area contributed by atoms with Crippen LogP contribution in [0.3, 0.4) is 0 Å². The molecule has 8 nitrogen and oxygen atoms in total. The summed E-state index contributed by atoms with van der Waals surface area (Å²) in [7, 11) is 0. The Labute approximate surface area is 221 Å². The van der Waals surface area contributed by atoms with Gasteiger partial charge in [0.15, 0.2) is 10.8 Å². The SMILES string of the molecule is CCN1CCN(Cc2ccc(C(=O)Nc3ncc(C#Cc4cnn5cccnc45)s3)cc2C(F)(F)F)CC1. The molecular formula is C26H24F3N7OS. The van der Waals surface area contributed by atoms with Gasteiger partial charge in [-0.3, -0.25) is 15.0 Å². The average molecular weight is 540 g/mol. The van der Waals surface area contributed by atoms with Gasteiger partial charge in [-0.05, 0) is 36.2 Å². The number of nitrogens with zero attached hydrogens (tertiary/aromatic N) is 6. The molecule has 1 N–H and O–H groups in total. The van der Waals surface area contributed by atoms with Gasteiger partial charge in [0.2, 0.25) is 0 Å². The number of halogens is 3. The van der Waals surface area contributed by atoms with Gasteiger partial charge in [-0.1, -0.05) is 30.2 Å². The molecule has 0 saturated carbocycles. The zero-order valence-corrected chi connectivity index (χ0v) is 21.3. The lowest BCUT2D eigenvalue weighted by atomic mass is 10.0. The van der Waals surface area contributed by atoms with Gasteiger partial charge >= 0.3 is 6.18 Å². The van der Waals surface area contributed by atoms with Gasteiger partial charge in [0.25, 0.3) is 5.91 Å². The maximum Gasteiger partial charge on any atom is 0.416 e. The van der Waals surface area contributed by atoms with Gasteiger partial charge in [-0.15, -0.1) is 0 Å². The van der Waals surface area contributed by atoms with Crippen molar-refractivity contribution in [3.05, 3.63) is 76.2 Å². The van der Waals surface area contributed by atoms with E-state index in [4.69, 9.17) is 0 Å². The summed E-state index contributed by atoms with van der Waals surface area (Å²) in [5.41, 5.74) is 0.530. The third-order valence-electron chi connectivity index (χ3n) is 6.31. The first-order chi connectivity index (χ1) is 18.3. The summed E-state index contributed by atoms with van der Waals surface area (Å²) in [6, 6.07) is 5.50. The smallest absolute Gasteiger partial charge is 0.301 e. The Morgan fingerprint density at radius 3 is 2.66 bits per heavy atom. The molecule has 0 bridgehead atoms. The number of benzene rings is 1. The number of aromatic nitrogens is 4. The van der Waals surface area contributed by atoms with Crippen LogP contribution in [0.2, 0.25) is 0 Å². The van der Waals surface area contributed by atoms with Crippen molar-refractivity contribution in [1.29, 1.82) is 0 Å². The number of fused-ring (bicyclic) bond motifs is 1. The lowest BCUT2D eigenvalue weighted by Gasteiger charge is -2.34. The van der Waals surface area contributed by atoms with Crippen molar-refractivity contribution in [2.75, 3.05) is 38.0 Å². The minimum absolute atomic E-state index is 0.0860. The number of alkyl halides is 3. The Hall–Kier alpha value is -3.79. The Kier molecular flexibility index (Phi) is 7.42. The summed E-state index contributed by atoms with van der Waals surface area (Å²) in [5.74, 6) is 5.27. The number of anilines is 1. The van der Waals surface area contributed by atoms with Crippen molar-refractivity contribution >= 4 is 28.0 Å². The van der Waals surface area contributed by atoms with E-state index >= 15 is 0 Å². The topological polar surface area (TPSA) is 78.7 Å². The van der Waals surface area contributed by atoms with E-state index in [1.54, 1.807) is 29.2 Å². The molecule has 1 aliphatic heterocycles. The first-order valence-electron chi connectivity index (χ1n) is 12.0. The quantitative estimate of drug-likeness (QED) is 0.387. The number of amides is 1. The molecule has 0 unspecified atom stereocenters. The van der Waals surface area contributed by atoms with Crippen LogP contribution in [0.25, 0.3) is 5.65 Å². The summed E-state index contributed by atoms with van der Waals surface area (Å²) in [6.07, 6.45) is 1.93. The highest BCUT2D eigenvalue weighted by molar-refractivity contribution is 7.16. The molecule has 0 radical (unpaired) electrons. The number of carbonyl (C=O) groups excluding carboxylic acids is 1. The van der Waals surface area contributed by atoms with Crippen LogP contribution in [0.1, 0.15) is 38.8 Å². The van der Waals surface area contributed by atoms with Gasteiger partial charge in [0.1, 0.15) is 0 Å². The maximum atomic E-state index is 13.9. The molecule has 0 spiro atoms. The fourth-order valence-corrected chi connectivity index (χ4v) is 4.89. The van der Waals surface area contributed by atoms with Gasteiger partial charge in [-0.25, -0.2) is 14.5 Å². The fraction of sp³-hybridized carbons (Fsp3) is 0.308. The molecule has 38 heavy (non-hydrogen) atoms. The van der Waals surface area contributed by atoms with Crippen LogP contribution in [0.4, 0.5) is 18.3 Å². The van der Waals surface area contributed by atoms with Crippen LogP contribution in [0, 0.1) is 11.8 Å². The standard InChI is InChI=1S/C26H24F3N7OS/c1-2-34-10-12-35(13-11-34)17-20-5-4-18(14-22(20)26(27,28)29)24(37)33-25-31-16-21(38-25)7-6-19-15-32-36-9-3-8-30-23(19)36/h3-5,8-9,14-16H,2,10-13,17H2,1H3,(H,31,33,37). The Balaban J connectivity index is 1.28. The number of piperazine rings is 1. The monoisotopic (exact) mass is 539 g/mol. The molecule has 0 atom stereocenters. The third-order valence-corrected chi connectivity index (χ3v) is 7.14. The van der Waals surface area contributed by atoms with Crippen molar-refractivity contribution in [2.45, 2.75) is 19.6 Å². The Bertz CT molecular complexity index is 1510. The van der Waals surface area contributed by atoms with Crippen LogP contribution in [-0.4, -0.2) is 68.0 Å². The molecule has 196 valence electrons. The van der Waals surface area contributed by atoms with Gasteiger partial charge in [0.05, 0.1) is 28.4 Å². The van der Waals surface area contributed by atoms with Crippen LogP contribution in [0.5, 0.6) is 0 Å². The maximum absolute atomic E-state index is 13.9. The average Bonchev–Trinajstić information content (AvgIpc) is 3.54. The van der Waals surface area contributed by atoms with Gasteiger partial charge in [0, 0.05) is 50.7 Å². The molecule has 4 heterocycles. The van der Waals surface area contributed by atoms with Crippen molar-refractivity contribution in [3.63, 3.8) is 0 Å². The number of thiazole rings is 1. The second-order valence-electron chi connectivity index (χ2n) is 8.76. The Morgan fingerprint density at radius 1 is 1.11 bits per heavy atom. The predicted octanol–water partition coefficient (Wildman–Crippen LogP) is 3.99. The second-order valence-corrected chi connectivity index (χ2v) is 9.79. The van der Waals surface area contributed by atoms with E-state index in [0.717, 1.165) is 37.0 Å². The van der Waals surface area contributed by atoms with Crippen molar-refractivity contribution < 1.29 is 18.0 Å². The zero-order valence-electron chi connectivity index (χ0n) is 20.5. The first-order valence-corrected chi connectivity index (χ1v) is 12.8. The minimum atomic E-state index is -4.58. The molecule has 0 aliphatic carbocycles. The summed E-state index contributed by atoms with van der Waals surface area (Å²) < 4.78 is 43.3. The highest BCUT2D eigenvalue weighted by Crippen LogP contribution is 2.34. The lowest BCUT2D eigenvalue weighted by Crippen LogP contribution is -2.45. The third kappa shape index (κ3) is 5.85. The number of rotatable bonds is 5. The first kappa shape index (κ1) is 25.8. The van der Waals surface area contributed by atoms with E-state index in [1.165, 1.54) is 18.3 Å². The lowest BCUT2D eigenvalue weighted by molar-refractivity contribution is -0.138. The number of likely N-dealkylation sites (N-methyl/N-ethyl adjacent to an activating group) is 1. The molecule has 5 rings (SSSR count). The highest BCUT2D eigenvalue weighted by Gasteiger charge is 2.34. The molecule has 4 aromatic rings. The number of nitrogens with one attached hydrogen (secondary N) is 1. The van der Waals surface area contributed by atoms with E-state index in [9.17, 15) is 18.0 Å². The summed E-state index contributed by atoms with van der Waals surface area (Å²) in [5, 5.41) is 7.00. The summed E-state index contributed by atoms with van der Waals surface area (Å²) >= 11 is 1.12. The van der Waals surface area contributed by atoms with E-state index in [1.807, 2.05) is 4.90 Å². The minimum Gasteiger partial charge on any atom is -0.301 e. The van der Waals surface area contributed by atoms with Crippen molar-refractivity contribution in [2.24, 2.45) is 0 Å². The van der Waals surface area contributed by atoms with Crippen LogP contribution in [0.15, 0.2) is 49.1 Å². The van der Waals surface area contributed by atoms with E-state index in [0.29, 0.717) is 29.2 Å². The number of carbonyl (C=O) groups is 1. The summed E-state index contributed by atoms with van der Waals surface area (Å²) in [6.45, 7) is 6.25. The van der Waals surface area contributed by atoms with Gasteiger partial charge in [-0.2, -0.15) is 18.3 Å². The molecule has 1 aromatic carbocycles. The molecule has 1 amide bonds. The molecule has 3 aromatic heterocycles. The summed E-state index contributed by atoms with van der Waals surface area (Å²) in [4.78, 5) is 26.0. The van der Waals surface area contributed by atoms with E-state index < -0.39 is 17.6 Å². The zero-order chi connectivity index (χ0) is 26.7. The number of hydrogen-bond acceptors (Lipinski definition) is 7. The molecule has 1 saturated heterocycles. The van der Waals surface area contributed by atoms with Crippen LogP contribution >= 0.6 is 11.3 Å². The van der Waals surface area contributed by atoms with Crippen LogP contribution < -0.4 is 5.32 Å². The highest BCUT2D eigenvalue weighted by atomic mass is 32.1.